The summed E-state index contributed by atoms with van der Waals surface area (Å²) in [7, 11) is 0. The van der Waals surface area contributed by atoms with Crippen LogP contribution in [0.1, 0.15) is 37.1 Å². The largest absolute Gasteiger partial charge is 0.573 e. The number of urea groups is 1. The summed E-state index contributed by atoms with van der Waals surface area (Å²) in [5.41, 5.74) is 2.80. The number of para-hydroxylation sites is 1. The normalized spacial score (nSPS) is 15.5. The fourth-order valence-corrected chi connectivity index (χ4v) is 5.18. The molecule has 0 N–H and O–H groups in total. The van der Waals surface area contributed by atoms with E-state index in [-0.39, 0.29) is 34.1 Å². The number of halogens is 4. The van der Waals surface area contributed by atoms with Gasteiger partial charge < -0.3 is 4.74 Å². The molecule has 1 fully saturated rings. The van der Waals surface area contributed by atoms with Gasteiger partial charge in [-0.05, 0) is 47.4 Å². The number of hydrogen-bond acceptors (Lipinski definition) is 6. The zero-order valence-electron chi connectivity index (χ0n) is 23.3. The van der Waals surface area contributed by atoms with E-state index in [2.05, 4.69) is 24.8 Å². The van der Waals surface area contributed by atoms with Crippen LogP contribution in [0.2, 0.25) is 0 Å². The molecule has 1 atom stereocenters. The van der Waals surface area contributed by atoms with Crippen LogP contribution in [0.15, 0.2) is 89.1 Å². The van der Waals surface area contributed by atoms with Gasteiger partial charge in [-0.25, -0.2) is 23.8 Å². The van der Waals surface area contributed by atoms with Crippen molar-refractivity contribution in [3.63, 3.8) is 0 Å². The number of anilines is 1. The van der Waals surface area contributed by atoms with E-state index in [1.807, 2.05) is 26.0 Å². The van der Waals surface area contributed by atoms with Gasteiger partial charge in [0.1, 0.15) is 12.1 Å². The van der Waals surface area contributed by atoms with Gasteiger partial charge in [0.2, 0.25) is 5.91 Å². The zero-order valence-corrected chi connectivity index (χ0v) is 24.1. The van der Waals surface area contributed by atoms with Gasteiger partial charge in [0.15, 0.2) is 17.2 Å². The molecular formula is C30H24F4N6O3S. The van der Waals surface area contributed by atoms with Gasteiger partial charge >= 0.3 is 12.4 Å². The van der Waals surface area contributed by atoms with Crippen molar-refractivity contribution in [3.8, 4) is 22.8 Å². The van der Waals surface area contributed by atoms with E-state index < -0.39 is 18.6 Å². The maximum Gasteiger partial charge on any atom is 0.573 e. The molecule has 1 unspecified atom stereocenters. The maximum absolute atomic E-state index is 14.9. The molecule has 0 radical (unpaired) electrons. The first-order valence-electron chi connectivity index (χ1n) is 13.2. The van der Waals surface area contributed by atoms with Crippen LogP contribution in [0.5, 0.6) is 5.75 Å². The first-order valence-corrected chi connectivity index (χ1v) is 14.2. The molecule has 14 heteroatoms. The zero-order chi connectivity index (χ0) is 31.4. The summed E-state index contributed by atoms with van der Waals surface area (Å²) in [5.74, 6) is -0.0227. The summed E-state index contributed by atoms with van der Waals surface area (Å²) in [5, 5.41) is 4.50. The van der Waals surface area contributed by atoms with Gasteiger partial charge in [-0.2, -0.15) is 4.99 Å². The quantitative estimate of drug-likeness (QED) is 0.158. The minimum atomic E-state index is -4.79. The monoisotopic (exact) mass is 624 g/mol. The van der Waals surface area contributed by atoms with E-state index in [0.717, 1.165) is 35.7 Å². The third-order valence-corrected chi connectivity index (χ3v) is 7.31. The SMILES string of the molecule is CC(C)c1ccccc1N1C(=O)CSC1=NC(=O)N=CC(F)c1ccc(-c2ncn(-c3ccc(OC(F)(F)F)cc3)n2)cc1. The maximum atomic E-state index is 14.9. The van der Waals surface area contributed by atoms with E-state index in [1.54, 1.807) is 24.3 Å². The van der Waals surface area contributed by atoms with Gasteiger partial charge in [-0.1, -0.05) is 68.1 Å². The first-order chi connectivity index (χ1) is 21.0. The smallest absolute Gasteiger partial charge is 0.406 e. The van der Waals surface area contributed by atoms with E-state index in [0.29, 0.717) is 22.8 Å². The number of benzene rings is 3. The molecule has 4 aromatic rings. The molecule has 0 aliphatic carbocycles. The van der Waals surface area contributed by atoms with Crippen molar-refractivity contribution >= 4 is 40.8 Å². The van der Waals surface area contributed by atoms with Crippen LogP contribution in [0.25, 0.3) is 17.1 Å². The Bertz CT molecular complexity index is 1720. The van der Waals surface area contributed by atoms with Gasteiger partial charge in [-0.3, -0.25) is 9.69 Å². The highest BCUT2D eigenvalue weighted by atomic mass is 32.2. The number of thioether (sulfide) groups is 1. The molecule has 3 amide bonds. The minimum Gasteiger partial charge on any atom is -0.406 e. The second-order valence-corrected chi connectivity index (χ2v) is 10.7. The summed E-state index contributed by atoms with van der Waals surface area (Å²) in [6.07, 6.45) is -4.28. The van der Waals surface area contributed by atoms with Crippen LogP contribution in [-0.4, -0.2) is 50.2 Å². The molecule has 1 aliphatic rings. The summed E-state index contributed by atoms with van der Waals surface area (Å²) in [6, 6.07) is 17.7. The number of ether oxygens (including phenoxy) is 1. The molecule has 0 spiro atoms. The van der Waals surface area contributed by atoms with Crippen molar-refractivity contribution in [1.29, 1.82) is 0 Å². The van der Waals surface area contributed by atoms with E-state index in [1.165, 1.54) is 40.2 Å². The Morgan fingerprint density at radius 1 is 1.05 bits per heavy atom. The van der Waals surface area contributed by atoms with E-state index in [4.69, 9.17) is 0 Å². The second kappa shape index (κ2) is 12.8. The molecule has 2 heterocycles. The van der Waals surface area contributed by atoms with Crippen molar-refractivity contribution in [2.75, 3.05) is 10.7 Å². The van der Waals surface area contributed by atoms with Crippen LogP contribution in [0.4, 0.5) is 28.0 Å². The lowest BCUT2D eigenvalue weighted by atomic mass is 10.0. The molecule has 1 saturated heterocycles. The van der Waals surface area contributed by atoms with Gasteiger partial charge in [0, 0.05) is 11.8 Å². The summed E-state index contributed by atoms with van der Waals surface area (Å²) >= 11 is 1.11. The van der Waals surface area contributed by atoms with Crippen molar-refractivity contribution in [2.45, 2.75) is 32.3 Å². The van der Waals surface area contributed by atoms with Crippen molar-refractivity contribution in [1.82, 2.24) is 14.8 Å². The number of rotatable bonds is 7. The highest BCUT2D eigenvalue weighted by Crippen LogP contribution is 2.33. The van der Waals surface area contributed by atoms with E-state index >= 15 is 0 Å². The third-order valence-electron chi connectivity index (χ3n) is 6.39. The number of hydrogen-bond donors (Lipinski definition) is 0. The van der Waals surface area contributed by atoms with Crippen molar-refractivity contribution in [2.24, 2.45) is 9.98 Å². The Kier molecular flexibility index (Phi) is 8.90. The minimum absolute atomic E-state index is 0.122. The van der Waals surface area contributed by atoms with Crippen LogP contribution >= 0.6 is 11.8 Å². The summed E-state index contributed by atoms with van der Waals surface area (Å²) < 4.78 is 57.3. The molecule has 44 heavy (non-hydrogen) atoms. The Labute approximate surface area is 253 Å². The third kappa shape index (κ3) is 7.19. The van der Waals surface area contributed by atoms with Crippen molar-refractivity contribution in [3.05, 3.63) is 90.3 Å². The molecule has 9 nitrogen and oxygen atoms in total. The number of nitrogens with zero attached hydrogens (tertiary/aromatic N) is 6. The lowest BCUT2D eigenvalue weighted by molar-refractivity contribution is -0.274. The Balaban J connectivity index is 1.24. The van der Waals surface area contributed by atoms with E-state index in [9.17, 15) is 27.2 Å². The predicted octanol–water partition coefficient (Wildman–Crippen LogP) is 7.29. The van der Waals surface area contributed by atoms with Gasteiger partial charge in [0.25, 0.3) is 0 Å². The molecule has 1 aromatic heterocycles. The molecular weight excluding hydrogens is 600 g/mol. The highest BCUT2D eigenvalue weighted by Gasteiger charge is 2.32. The van der Waals surface area contributed by atoms with Crippen LogP contribution in [-0.2, 0) is 4.79 Å². The fraction of sp³-hybridized carbons (Fsp3) is 0.200. The second-order valence-electron chi connectivity index (χ2n) is 9.76. The molecule has 1 aliphatic heterocycles. The number of carbonyl (C=O) groups excluding carboxylic acids is 2. The molecule has 0 saturated carbocycles. The molecule has 3 aromatic carbocycles. The topological polar surface area (TPSA) is 102 Å². The number of alkyl halides is 4. The number of aromatic nitrogens is 3. The molecule has 5 rings (SSSR count). The lowest BCUT2D eigenvalue weighted by Crippen LogP contribution is -2.30. The summed E-state index contributed by atoms with van der Waals surface area (Å²) in [4.78, 5) is 38.3. The van der Waals surface area contributed by atoms with Gasteiger partial charge in [0.05, 0.1) is 17.1 Å². The predicted molar refractivity (Wildman–Crippen MR) is 159 cm³/mol. The van der Waals surface area contributed by atoms with Crippen LogP contribution in [0.3, 0.4) is 0 Å². The molecule has 0 bridgehead atoms. The van der Waals surface area contributed by atoms with Gasteiger partial charge in [-0.15, -0.1) is 18.3 Å². The Hall–Kier alpha value is -4.85. The lowest BCUT2D eigenvalue weighted by Gasteiger charge is -2.21. The number of amidine groups is 1. The standard InChI is InChI=1S/C30H24F4N6O3S/c1-18(2)23-5-3-4-6-25(23)40-26(41)16-44-29(40)37-28(42)35-15-24(31)19-7-9-20(10-8-19)27-36-17-39(38-27)21-11-13-22(14-12-21)43-30(32,33)34/h3-15,17-18,24H,16H2,1-2H3. The van der Waals surface area contributed by atoms with Crippen LogP contribution in [0, 0.1) is 0 Å². The Morgan fingerprint density at radius 3 is 2.43 bits per heavy atom. The fourth-order valence-electron chi connectivity index (χ4n) is 4.32. The number of carbonyl (C=O) groups is 2. The first kappa shape index (κ1) is 30.6. The average Bonchev–Trinajstić information content (AvgIpc) is 3.62. The summed E-state index contributed by atoms with van der Waals surface area (Å²) in [6.45, 7) is 4.00. The van der Waals surface area contributed by atoms with Crippen molar-refractivity contribution < 1.29 is 31.9 Å². The average molecular weight is 625 g/mol. The number of amides is 3. The number of aliphatic imine (C=N–C) groups is 2. The molecule has 226 valence electrons. The van der Waals surface area contributed by atoms with Crippen LogP contribution < -0.4 is 9.64 Å². The highest BCUT2D eigenvalue weighted by molar-refractivity contribution is 8.15. The Morgan fingerprint density at radius 2 is 1.75 bits per heavy atom.